The monoisotopic (exact) mass is 302 g/mol. The molecule has 0 saturated carbocycles. The third kappa shape index (κ3) is 2.50. The highest BCUT2D eigenvalue weighted by Crippen LogP contribution is 2.23. The van der Waals surface area contributed by atoms with Gasteiger partial charge in [-0.1, -0.05) is 54.1 Å². The fourth-order valence-electron chi connectivity index (χ4n) is 2.43. The molecular formula is C17H14N6. The predicted molar refractivity (Wildman–Crippen MR) is 90.7 cm³/mol. The zero-order valence-corrected chi connectivity index (χ0v) is 12.5. The standard InChI is InChI=1S/C17H14N6/c1-12-6-8-13(9-7-12)10-18-20-16-14-4-2-3-5-15(14)17-21-19-11-23(17)22-16/h2-11H,1H3,(H,20,22)/b18-10-. The van der Waals surface area contributed by atoms with Crippen LogP contribution in [0.2, 0.25) is 0 Å². The van der Waals surface area contributed by atoms with Crippen LogP contribution in [0, 0.1) is 6.92 Å². The molecule has 2 aromatic heterocycles. The van der Waals surface area contributed by atoms with E-state index in [9.17, 15) is 0 Å². The molecule has 1 N–H and O–H groups in total. The average molecular weight is 302 g/mol. The van der Waals surface area contributed by atoms with Gasteiger partial charge in [0.05, 0.1) is 6.21 Å². The third-order valence-electron chi connectivity index (χ3n) is 3.62. The topological polar surface area (TPSA) is 67.5 Å². The van der Waals surface area contributed by atoms with Crippen molar-refractivity contribution in [3.8, 4) is 0 Å². The molecule has 23 heavy (non-hydrogen) atoms. The zero-order valence-electron chi connectivity index (χ0n) is 12.5. The van der Waals surface area contributed by atoms with Gasteiger partial charge in [0.25, 0.3) is 0 Å². The molecule has 2 heterocycles. The summed E-state index contributed by atoms with van der Waals surface area (Å²) in [6.07, 6.45) is 3.35. The number of hydrogen-bond donors (Lipinski definition) is 1. The van der Waals surface area contributed by atoms with E-state index < -0.39 is 0 Å². The average Bonchev–Trinajstić information content (AvgIpc) is 3.05. The van der Waals surface area contributed by atoms with E-state index in [0.717, 1.165) is 22.0 Å². The lowest BCUT2D eigenvalue weighted by Crippen LogP contribution is -2.00. The van der Waals surface area contributed by atoms with E-state index in [4.69, 9.17) is 0 Å². The molecule has 0 aliphatic rings. The first-order chi connectivity index (χ1) is 11.3. The Hall–Kier alpha value is -3.28. The van der Waals surface area contributed by atoms with Crippen molar-refractivity contribution in [3.05, 3.63) is 66.0 Å². The van der Waals surface area contributed by atoms with Crippen LogP contribution < -0.4 is 5.43 Å². The summed E-state index contributed by atoms with van der Waals surface area (Å²) in [5.74, 6) is 0.663. The van der Waals surface area contributed by atoms with E-state index in [-0.39, 0.29) is 0 Å². The van der Waals surface area contributed by atoms with E-state index in [1.54, 1.807) is 17.1 Å². The van der Waals surface area contributed by atoms with E-state index in [1.165, 1.54) is 5.56 Å². The van der Waals surface area contributed by atoms with Gasteiger partial charge in [0.15, 0.2) is 11.5 Å². The maximum absolute atomic E-state index is 4.48. The van der Waals surface area contributed by atoms with Crippen molar-refractivity contribution in [3.63, 3.8) is 0 Å². The normalized spacial score (nSPS) is 11.5. The molecular weight excluding hydrogens is 288 g/mol. The minimum Gasteiger partial charge on any atom is -0.259 e. The molecule has 6 nitrogen and oxygen atoms in total. The van der Waals surface area contributed by atoms with Crippen LogP contribution in [-0.2, 0) is 0 Å². The lowest BCUT2D eigenvalue weighted by atomic mass is 10.2. The molecule has 0 radical (unpaired) electrons. The molecule has 6 heteroatoms. The van der Waals surface area contributed by atoms with Crippen molar-refractivity contribution < 1.29 is 0 Å². The zero-order chi connectivity index (χ0) is 15.6. The van der Waals surface area contributed by atoms with Crippen LogP contribution in [0.3, 0.4) is 0 Å². The number of nitrogens with zero attached hydrogens (tertiary/aromatic N) is 5. The number of aryl methyl sites for hydroxylation is 1. The molecule has 4 rings (SSSR count). The molecule has 0 aliphatic carbocycles. The molecule has 0 aliphatic heterocycles. The number of hydrazone groups is 1. The first-order valence-electron chi connectivity index (χ1n) is 7.26. The number of nitrogens with one attached hydrogen (secondary N) is 1. The molecule has 0 saturated heterocycles. The van der Waals surface area contributed by atoms with E-state index in [1.807, 2.05) is 36.4 Å². The van der Waals surface area contributed by atoms with Crippen LogP contribution in [0.25, 0.3) is 16.4 Å². The molecule has 112 valence electrons. The summed E-state index contributed by atoms with van der Waals surface area (Å²) in [4.78, 5) is 0. The van der Waals surface area contributed by atoms with Crippen LogP contribution >= 0.6 is 0 Å². The quantitative estimate of drug-likeness (QED) is 0.466. The van der Waals surface area contributed by atoms with Crippen molar-refractivity contribution in [1.29, 1.82) is 0 Å². The van der Waals surface area contributed by atoms with Crippen LogP contribution in [0.5, 0.6) is 0 Å². The van der Waals surface area contributed by atoms with Crippen molar-refractivity contribution in [2.75, 3.05) is 5.43 Å². The Labute approximate surface area is 132 Å². The Morgan fingerprint density at radius 2 is 1.83 bits per heavy atom. The number of benzene rings is 2. The molecule has 0 bridgehead atoms. The number of rotatable bonds is 3. The van der Waals surface area contributed by atoms with Crippen LogP contribution in [0.4, 0.5) is 5.82 Å². The lowest BCUT2D eigenvalue weighted by molar-refractivity contribution is 0.934. The highest BCUT2D eigenvalue weighted by atomic mass is 15.4. The number of anilines is 1. The van der Waals surface area contributed by atoms with Gasteiger partial charge in [-0.05, 0) is 12.5 Å². The van der Waals surface area contributed by atoms with Crippen molar-refractivity contribution in [2.24, 2.45) is 5.10 Å². The van der Waals surface area contributed by atoms with E-state index in [0.29, 0.717) is 5.82 Å². The van der Waals surface area contributed by atoms with E-state index in [2.05, 4.69) is 44.9 Å². The molecule has 2 aromatic carbocycles. The predicted octanol–water partition coefficient (Wildman–Crippen LogP) is 3.03. The second-order valence-corrected chi connectivity index (χ2v) is 5.27. The van der Waals surface area contributed by atoms with Crippen molar-refractivity contribution >= 4 is 28.5 Å². The summed E-state index contributed by atoms with van der Waals surface area (Å²) in [7, 11) is 0. The van der Waals surface area contributed by atoms with Gasteiger partial charge in [0, 0.05) is 10.8 Å². The minimum absolute atomic E-state index is 0.663. The Bertz CT molecular complexity index is 1000. The second-order valence-electron chi connectivity index (χ2n) is 5.27. The van der Waals surface area contributed by atoms with Gasteiger partial charge in [-0.15, -0.1) is 15.3 Å². The Balaban J connectivity index is 1.71. The van der Waals surface area contributed by atoms with Gasteiger partial charge in [0.2, 0.25) is 0 Å². The summed E-state index contributed by atoms with van der Waals surface area (Å²) < 4.78 is 1.64. The number of fused-ring (bicyclic) bond motifs is 3. The second kappa shape index (κ2) is 5.49. The highest BCUT2D eigenvalue weighted by Gasteiger charge is 2.08. The molecule has 0 atom stereocenters. The molecule has 4 aromatic rings. The molecule has 0 spiro atoms. The maximum Gasteiger partial charge on any atom is 0.185 e. The summed E-state index contributed by atoms with van der Waals surface area (Å²) in [6, 6.07) is 16.1. The maximum atomic E-state index is 4.48. The smallest absolute Gasteiger partial charge is 0.185 e. The van der Waals surface area contributed by atoms with Crippen molar-refractivity contribution in [2.45, 2.75) is 6.92 Å². The first-order valence-corrected chi connectivity index (χ1v) is 7.26. The van der Waals surface area contributed by atoms with Gasteiger partial charge >= 0.3 is 0 Å². The Morgan fingerprint density at radius 1 is 1.04 bits per heavy atom. The van der Waals surface area contributed by atoms with Gasteiger partial charge in [-0.25, -0.2) is 0 Å². The third-order valence-corrected chi connectivity index (χ3v) is 3.62. The Morgan fingerprint density at radius 3 is 2.65 bits per heavy atom. The van der Waals surface area contributed by atoms with Crippen molar-refractivity contribution in [1.82, 2.24) is 19.8 Å². The van der Waals surface area contributed by atoms with Crippen LogP contribution in [0.1, 0.15) is 11.1 Å². The molecule has 0 amide bonds. The summed E-state index contributed by atoms with van der Waals surface area (Å²) in [5.41, 5.74) is 5.99. The SMILES string of the molecule is Cc1ccc(/C=N\Nc2nn3cnnc3c3ccccc23)cc1. The lowest BCUT2D eigenvalue weighted by Gasteiger charge is -2.05. The first kappa shape index (κ1) is 13.4. The number of hydrogen-bond acceptors (Lipinski definition) is 5. The van der Waals surface area contributed by atoms with Gasteiger partial charge < -0.3 is 0 Å². The Kier molecular flexibility index (Phi) is 3.20. The minimum atomic E-state index is 0.663. The van der Waals surface area contributed by atoms with Gasteiger partial charge in [0.1, 0.15) is 6.33 Å². The van der Waals surface area contributed by atoms with Crippen LogP contribution in [-0.4, -0.2) is 26.0 Å². The summed E-state index contributed by atoms with van der Waals surface area (Å²) >= 11 is 0. The largest absolute Gasteiger partial charge is 0.259 e. The van der Waals surface area contributed by atoms with Crippen LogP contribution in [0.15, 0.2) is 60.0 Å². The summed E-state index contributed by atoms with van der Waals surface area (Å²) in [6.45, 7) is 2.06. The fraction of sp³-hybridized carbons (Fsp3) is 0.0588. The number of aromatic nitrogens is 4. The molecule has 0 fully saturated rings. The molecule has 0 unspecified atom stereocenters. The summed E-state index contributed by atoms with van der Waals surface area (Å²) in [5, 5.41) is 18.7. The van der Waals surface area contributed by atoms with E-state index >= 15 is 0 Å². The highest BCUT2D eigenvalue weighted by molar-refractivity contribution is 5.99. The van der Waals surface area contributed by atoms with Gasteiger partial charge in [-0.2, -0.15) is 9.62 Å². The fourth-order valence-corrected chi connectivity index (χ4v) is 2.43. The van der Waals surface area contributed by atoms with Gasteiger partial charge in [-0.3, -0.25) is 5.43 Å².